The van der Waals surface area contributed by atoms with Gasteiger partial charge in [0.2, 0.25) is 5.91 Å². The van der Waals surface area contributed by atoms with Crippen molar-refractivity contribution in [2.45, 2.75) is 12.8 Å². The molecule has 0 atom stereocenters. The lowest BCUT2D eigenvalue weighted by Crippen LogP contribution is -2.17. The van der Waals surface area contributed by atoms with Crippen LogP contribution in [0.5, 0.6) is 11.5 Å². The van der Waals surface area contributed by atoms with Crippen molar-refractivity contribution in [3.8, 4) is 11.5 Å². The number of benzene rings is 2. The molecule has 0 radical (unpaired) electrons. The molecule has 0 aliphatic heterocycles. The summed E-state index contributed by atoms with van der Waals surface area (Å²) in [5.74, 6) is -1.35. The minimum absolute atomic E-state index is 0.0689. The number of hydrogen-bond donors (Lipinski definition) is 1. The lowest BCUT2D eigenvalue weighted by molar-refractivity contribution is -0.274. The maximum absolute atomic E-state index is 13.5. The second-order valence-electron chi connectivity index (χ2n) is 4.77. The lowest BCUT2D eigenvalue weighted by atomic mass is 10.1. The molecule has 128 valence electrons. The number of methoxy groups -OCH3 is 1. The van der Waals surface area contributed by atoms with Crippen LogP contribution >= 0.6 is 0 Å². The van der Waals surface area contributed by atoms with E-state index in [-0.39, 0.29) is 12.2 Å². The number of anilines is 1. The van der Waals surface area contributed by atoms with Crippen LogP contribution in [0.2, 0.25) is 0 Å². The fraction of sp³-hybridized carbons (Fsp3) is 0.188. The molecule has 24 heavy (non-hydrogen) atoms. The number of halogens is 4. The van der Waals surface area contributed by atoms with Gasteiger partial charge in [-0.2, -0.15) is 0 Å². The van der Waals surface area contributed by atoms with Gasteiger partial charge < -0.3 is 14.8 Å². The molecule has 0 aliphatic rings. The summed E-state index contributed by atoms with van der Waals surface area (Å²) in [5, 5.41) is 2.50. The Labute approximate surface area is 135 Å². The second-order valence-corrected chi connectivity index (χ2v) is 4.77. The van der Waals surface area contributed by atoms with E-state index in [4.69, 9.17) is 4.74 Å². The van der Waals surface area contributed by atoms with Gasteiger partial charge in [-0.1, -0.05) is 6.07 Å². The molecule has 0 aliphatic carbocycles. The van der Waals surface area contributed by atoms with Gasteiger partial charge in [0.25, 0.3) is 0 Å². The molecule has 1 N–H and O–H groups in total. The maximum Gasteiger partial charge on any atom is 0.573 e. The molecular formula is C16H13F4NO3. The Balaban J connectivity index is 1.96. The standard InChI is InChI=1S/C16H13F4NO3/c1-23-14-7-2-10(8-13(14)17)9-15(22)21-11-3-5-12(6-4-11)24-16(18,19)20/h2-8H,9H2,1H3,(H,21,22). The summed E-state index contributed by atoms with van der Waals surface area (Å²) in [6, 6.07) is 8.83. The third-order valence-electron chi connectivity index (χ3n) is 2.95. The monoisotopic (exact) mass is 343 g/mol. The summed E-state index contributed by atoms with van der Waals surface area (Å²) in [4.78, 5) is 11.9. The van der Waals surface area contributed by atoms with Crippen molar-refractivity contribution in [3.63, 3.8) is 0 Å². The number of nitrogens with one attached hydrogen (secondary N) is 1. The van der Waals surface area contributed by atoms with Crippen molar-refractivity contribution >= 4 is 11.6 Å². The summed E-state index contributed by atoms with van der Waals surface area (Å²) in [5.41, 5.74) is 0.728. The Morgan fingerprint density at radius 1 is 1.12 bits per heavy atom. The second kappa shape index (κ2) is 7.20. The number of carbonyl (C=O) groups is 1. The molecule has 0 fully saturated rings. The van der Waals surface area contributed by atoms with Crippen molar-refractivity contribution in [2.75, 3.05) is 12.4 Å². The van der Waals surface area contributed by atoms with E-state index in [1.165, 1.54) is 31.4 Å². The molecule has 0 saturated heterocycles. The van der Waals surface area contributed by atoms with E-state index in [0.29, 0.717) is 11.3 Å². The van der Waals surface area contributed by atoms with Crippen molar-refractivity contribution in [2.24, 2.45) is 0 Å². The van der Waals surface area contributed by atoms with Crippen LogP contribution in [0.4, 0.5) is 23.2 Å². The Hall–Kier alpha value is -2.77. The molecule has 0 saturated carbocycles. The number of rotatable bonds is 5. The summed E-state index contributed by atoms with van der Waals surface area (Å²) in [6.07, 6.45) is -4.87. The van der Waals surface area contributed by atoms with Gasteiger partial charge in [0.05, 0.1) is 13.5 Å². The molecule has 4 nitrogen and oxygen atoms in total. The van der Waals surface area contributed by atoms with E-state index in [0.717, 1.165) is 12.1 Å². The number of ether oxygens (including phenoxy) is 2. The number of carbonyl (C=O) groups excluding carboxylic acids is 1. The summed E-state index contributed by atoms with van der Waals surface area (Å²) < 4.78 is 58.2. The van der Waals surface area contributed by atoms with Crippen LogP contribution in [-0.4, -0.2) is 19.4 Å². The largest absolute Gasteiger partial charge is 0.573 e. The number of alkyl halides is 3. The molecule has 0 heterocycles. The average molecular weight is 343 g/mol. The summed E-state index contributed by atoms with van der Waals surface area (Å²) >= 11 is 0. The van der Waals surface area contributed by atoms with Gasteiger partial charge >= 0.3 is 6.36 Å². The van der Waals surface area contributed by atoms with Crippen LogP contribution in [0, 0.1) is 5.82 Å². The summed E-state index contributed by atoms with van der Waals surface area (Å²) in [7, 11) is 1.33. The Morgan fingerprint density at radius 3 is 2.33 bits per heavy atom. The number of hydrogen-bond acceptors (Lipinski definition) is 3. The van der Waals surface area contributed by atoms with Crippen LogP contribution in [-0.2, 0) is 11.2 Å². The predicted octanol–water partition coefficient (Wildman–Crippen LogP) is 3.91. The molecule has 2 rings (SSSR count). The van der Waals surface area contributed by atoms with Gasteiger partial charge in [-0.25, -0.2) is 4.39 Å². The van der Waals surface area contributed by atoms with Gasteiger partial charge in [-0.05, 0) is 42.0 Å². The van der Waals surface area contributed by atoms with Gasteiger partial charge in [0.15, 0.2) is 11.6 Å². The van der Waals surface area contributed by atoms with Crippen molar-refractivity contribution in [1.82, 2.24) is 0 Å². The van der Waals surface area contributed by atoms with Crippen LogP contribution < -0.4 is 14.8 Å². The third kappa shape index (κ3) is 5.15. The highest BCUT2D eigenvalue weighted by molar-refractivity contribution is 5.92. The number of amides is 1. The van der Waals surface area contributed by atoms with Crippen LogP contribution in [0.3, 0.4) is 0 Å². The Bertz CT molecular complexity index is 714. The van der Waals surface area contributed by atoms with Crippen LogP contribution in [0.15, 0.2) is 42.5 Å². The zero-order valence-electron chi connectivity index (χ0n) is 12.5. The van der Waals surface area contributed by atoms with Gasteiger partial charge in [0.1, 0.15) is 5.75 Å². The normalized spacial score (nSPS) is 11.0. The molecule has 2 aromatic carbocycles. The first-order valence-corrected chi connectivity index (χ1v) is 6.75. The molecule has 0 unspecified atom stereocenters. The molecule has 0 bridgehead atoms. The zero-order chi connectivity index (χ0) is 17.7. The zero-order valence-corrected chi connectivity index (χ0v) is 12.5. The third-order valence-corrected chi connectivity index (χ3v) is 2.95. The quantitative estimate of drug-likeness (QED) is 0.838. The van der Waals surface area contributed by atoms with Crippen molar-refractivity contribution < 1.29 is 31.8 Å². The highest BCUT2D eigenvalue weighted by Gasteiger charge is 2.30. The molecule has 0 aromatic heterocycles. The van der Waals surface area contributed by atoms with E-state index < -0.39 is 23.8 Å². The topological polar surface area (TPSA) is 47.6 Å². The summed E-state index contributed by atoms with van der Waals surface area (Å²) in [6.45, 7) is 0. The molecular weight excluding hydrogens is 330 g/mol. The van der Waals surface area contributed by atoms with E-state index >= 15 is 0 Å². The fourth-order valence-corrected chi connectivity index (χ4v) is 1.95. The SMILES string of the molecule is COc1ccc(CC(=O)Nc2ccc(OC(F)(F)F)cc2)cc1F. The molecule has 8 heteroatoms. The first-order chi connectivity index (χ1) is 11.3. The Morgan fingerprint density at radius 2 is 1.79 bits per heavy atom. The van der Waals surface area contributed by atoms with Gasteiger partial charge in [-0.15, -0.1) is 13.2 Å². The van der Waals surface area contributed by atoms with Crippen molar-refractivity contribution in [1.29, 1.82) is 0 Å². The van der Waals surface area contributed by atoms with Gasteiger partial charge in [-0.3, -0.25) is 4.79 Å². The van der Waals surface area contributed by atoms with Crippen LogP contribution in [0.25, 0.3) is 0 Å². The molecule has 2 aromatic rings. The fourth-order valence-electron chi connectivity index (χ4n) is 1.95. The predicted molar refractivity (Wildman–Crippen MR) is 78.4 cm³/mol. The highest BCUT2D eigenvalue weighted by atomic mass is 19.4. The van der Waals surface area contributed by atoms with Gasteiger partial charge in [0, 0.05) is 5.69 Å². The smallest absolute Gasteiger partial charge is 0.494 e. The maximum atomic E-state index is 13.5. The van der Waals surface area contributed by atoms with Crippen molar-refractivity contribution in [3.05, 3.63) is 53.8 Å². The molecule has 0 spiro atoms. The van der Waals surface area contributed by atoms with E-state index in [1.807, 2.05) is 0 Å². The highest BCUT2D eigenvalue weighted by Crippen LogP contribution is 2.24. The lowest BCUT2D eigenvalue weighted by Gasteiger charge is -2.10. The first-order valence-electron chi connectivity index (χ1n) is 6.75. The van der Waals surface area contributed by atoms with E-state index in [1.54, 1.807) is 6.07 Å². The minimum Gasteiger partial charge on any atom is -0.494 e. The van der Waals surface area contributed by atoms with Crippen LogP contribution in [0.1, 0.15) is 5.56 Å². The Kier molecular flexibility index (Phi) is 5.28. The molecule has 1 amide bonds. The van der Waals surface area contributed by atoms with E-state index in [2.05, 4.69) is 10.1 Å². The first kappa shape index (κ1) is 17.6. The van der Waals surface area contributed by atoms with E-state index in [9.17, 15) is 22.4 Å². The average Bonchev–Trinajstić information content (AvgIpc) is 2.48. The minimum atomic E-state index is -4.77.